The van der Waals surface area contributed by atoms with Gasteiger partial charge in [-0.2, -0.15) is 9.97 Å². The molecule has 6 rings (SSSR count). The summed E-state index contributed by atoms with van der Waals surface area (Å²) in [4.78, 5) is 28.6. The van der Waals surface area contributed by atoms with Gasteiger partial charge in [-0.1, -0.05) is 42.4 Å². The van der Waals surface area contributed by atoms with Gasteiger partial charge in [0.05, 0.1) is 24.4 Å². The first-order chi connectivity index (χ1) is 19.0. The highest BCUT2D eigenvalue weighted by Gasteiger charge is 2.30. The normalized spacial score (nSPS) is 19.3. The fourth-order valence-electron chi connectivity index (χ4n) is 5.93. The molecule has 0 aliphatic carbocycles. The molecule has 2 fully saturated rings. The highest BCUT2D eigenvalue weighted by atomic mass is 35.5. The van der Waals surface area contributed by atoms with E-state index in [9.17, 15) is 4.79 Å². The lowest BCUT2D eigenvalue weighted by Crippen LogP contribution is -2.40. The second-order valence-corrected chi connectivity index (χ2v) is 11.1. The lowest BCUT2D eigenvalue weighted by Gasteiger charge is -2.37. The minimum absolute atomic E-state index is 0.0363. The van der Waals surface area contributed by atoms with E-state index in [0.29, 0.717) is 19.1 Å². The average molecular weight is 548 g/mol. The minimum atomic E-state index is -0.0363. The van der Waals surface area contributed by atoms with Crippen molar-refractivity contribution in [2.75, 3.05) is 56.7 Å². The van der Waals surface area contributed by atoms with E-state index in [1.165, 1.54) is 32.0 Å². The predicted octanol–water partition coefficient (Wildman–Crippen LogP) is 5.54. The van der Waals surface area contributed by atoms with Crippen molar-refractivity contribution in [3.05, 3.63) is 65.3 Å². The van der Waals surface area contributed by atoms with Crippen LogP contribution in [0.3, 0.4) is 0 Å². The number of nitrogens with zero attached hydrogens (tertiary/aromatic N) is 5. The van der Waals surface area contributed by atoms with Gasteiger partial charge in [0.1, 0.15) is 5.82 Å². The number of rotatable bonds is 5. The monoisotopic (exact) mass is 547 g/mol. The summed E-state index contributed by atoms with van der Waals surface area (Å²) >= 11 is 6.59. The van der Waals surface area contributed by atoms with Crippen LogP contribution in [0.4, 0.5) is 11.5 Å². The first kappa shape index (κ1) is 27.4. The second-order valence-electron chi connectivity index (χ2n) is 10.6. The molecule has 3 aliphatic heterocycles. The SMILES string of the molecule is C=CC(=O)C1CCCN(c2nc(OC)nc3c2CCN(c2cccc4cccc(Cl)c24)C3)C1.CN1CCCC1. The van der Waals surface area contributed by atoms with E-state index in [4.69, 9.17) is 26.3 Å². The average Bonchev–Trinajstić information content (AvgIpc) is 3.46. The molecule has 4 heterocycles. The number of benzene rings is 2. The van der Waals surface area contributed by atoms with Crippen LogP contribution in [0.1, 0.15) is 36.9 Å². The molecule has 39 heavy (non-hydrogen) atoms. The lowest BCUT2D eigenvalue weighted by molar-refractivity contribution is -0.118. The topological polar surface area (TPSA) is 61.8 Å². The molecule has 0 spiro atoms. The summed E-state index contributed by atoms with van der Waals surface area (Å²) < 4.78 is 5.47. The highest BCUT2D eigenvalue weighted by molar-refractivity contribution is 6.36. The zero-order chi connectivity index (χ0) is 27.4. The Morgan fingerprint density at radius 2 is 1.82 bits per heavy atom. The van der Waals surface area contributed by atoms with Crippen molar-refractivity contribution in [1.29, 1.82) is 0 Å². The largest absolute Gasteiger partial charge is 0.467 e. The molecular weight excluding hydrogens is 510 g/mol. The van der Waals surface area contributed by atoms with Crippen LogP contribution in [0, 0.1) is 5.92 Å². The number of likely N-dealkylation sites (tertiary alicyclic amines) is 1. The fourth-order valence-corrected chi connectivity index (χ4v) is 6.21. The zero-order valence-corrected chi connectivity index (χ0v) is 23.8. The summed E-state index contributed by atoms with van der Waals surface area (Å²) in [5.41, 5.74) is 3.21. The molecule has 7 nitrogen and oxygen atoms in total. The maximum absolute atomic E-state index is 12.3. The number of piperidine rings is 1. The molecular formula is C31H38ClN5O2. The van der Waals surface area contributed by atoms with Crippen LogP contribution < -0.4 is 14.5 Å². The summed E-state index contributed by atoms with van der Waals surface area (Å²) in [5.74, 6) is 0.966. The van der Waals surface area contributed by atoms with E-state index in [1.54, 1.807) is 7.11 Å². The number of halogens is 1. The first-order valence-electron chi connectivity index (χ1n) is 13.9. The quantitative estimate of drug-likeness (QED) is 0.389. The van der Waals surface area contributed by atoms with Gasteiger partial charge in [-0.05, 0) is 75.8 Å². The summed E-state index contributed by atoms with van der Waals surface area (Å²) in [6.07, 6.45) is 6.92. The Balaban J connectivity index is 0.000000455. The molecule has 3 aliphatic rings. The van der Waals surface area contributed by atoms with Crippen molar-refractivity contribution < 1.29 is 9.53 Å². The number of ether oxygens (including phenoxy) is 1. The van der Waals surface area contributed by atoms with Crippen LogP contribution in [-0.2, 0) is 17.8 Å². The number of ketones is 1. The van der Waals surface area contributed by atoms with Crippen molar-refractivity contribution in [2.24, 2.45) is 5.92 Å². The molecule has 2 saturated heterocycles. The molecule has 0 amide bonds. The van der Waals surface area contributed by atoms with Crippen LogP contribution in [0.2, 0.25) is 5.02 Å². The Morgan fingerprint density at radius 1 is 1.05 bits per heavy atom. The molecule has 3 aromatic rings. The van der Waals surface area contributed by atoms with Crippen molar-refractivity contribution >= 4 is 39.7 Å². The van der Waals surface area contributed by atoms with Crippen molar-refractivity contribution in [3.8, 4) is 6.01 Å². The maximum Gasteiger partial charge on any atom is 0.318 e. The molecule has 2 aromatic carbocycles. The molecule has 0 bridgehead atoms. The number of carbonyl (C=O) groups excluding carboxylic acids is 1. The smallest absolute Gasteiger partial charge is 0.318 e. The number of methoxy groups -OCH3 is 1. The van der Waals surface area contributed by atoms with E-state index in [2.05, 4.69) is 52.6 Å². The number of carbonyl (C=O) groups is 1. The number of hydrogen-bond acceptors (Lipinski definition) is 7. The van der Waals surface area contributed by atoms with Crippen LogP contribution in [0.5, 0.6) is 6.01 Å². The lowest BCUT2D eigenvalue weighted by atomic mass is 9.93. The van der Waals surface area contributed by atoms with E-state index in [1.807, 2.05) is 12.1 Å². The third kappa shape index (κ3) is 6.04. The Kier molecular flexibility index (Phi) is 8.68. The van der Waals surface area contributed by atoms with Crippen molar-refractivity contribution in [3.63, 3.8) is 0 Å². The number of fused-ring (bicyclic) bond motifs is 2. The number of allylic oxidation sites excluding steroid dienone is 1. The second kappa shape index (κ2) is 12.3. The molecule has 1 unspecified atom stereocenters. The van der Waals surface area contributed by atoms with Gasteiger partial charge in [0.15, 0.2) is 5.78 Å². The van der Waals surface area contributed by atoms with Gasteiger partial charge in [-0.15, -0.1) is 0 Å². The van der Waals surface area contributed by atoms with E-state index in [-0.39, 0.29) is 11.7 Å². The van der Waals surface area contributed by atoms with Gasteiger partial charge < -0.3 is 19.4 Å². The van der Waals surface area contributed by atoms with Gasteiger partial charge in [0.2, 0.25) is 0 Å². The maximum atomic E-state index is 12.3. The third-order valence-electron chi connectivity index (χ3n) is 8.03. The zero-order valence-electron chi connectivity index (χ0n) is 23.0. The van der Waals surface area contributed by atoms with Crippen LogP contribution in [-0.4, -0.2) is 67.5 Å². The minimum Gasteiger partial charge on any atom is -0.467 e. The summed E-state index contributed by atoms with van der Waals surface area (Å²) in [5, 5.41) is 2.94. The van der Waals surface area contributed by atoms with E-state index < -0.39 is 0 Å². The summed E-state index contributed by atoms with van der Waals surface area (Å²) in [6.45, 7) is 9.31. The van der Waals surface area contributed by atoms with Crippen molar-refractivity contribution in [2.45, 2.75) is 38.6 Å². The third-order valence-corrected chi connectivity index (χ3v) is 8.35. The Bertz CT molecular complexity index is 1330. The molecule has 8 heteroatoms. The molecule has 0 radical (unpaired) electrons. The molecule has 1 aromatic heterocycles. The number of aromatic nitrogens is 2. The molecule has 0 saturated carbocycles. The van der Waals surface area contributed by atoms with Gasteiger partial charge in [-0.3, -0.25) is 4.79 Å². The Hall–Kier alpha value is -3.16. The van der Waals surface area contributed by atoms with Gasteiger partial charge in [0, 0.05) is 42.2 Å². The van der Waals surface area contributed by atoms with Gasteiger partial charge >= 0.3 is 6.01 Å². The van der Waals surface area contributed by atoms with E-state index in [0.717, 1.165) is 70.9 Å². The number of hydrogen-bond donors (Lipinski definition) is 0. The molecule has 0 N–H and O–H groups in total. The summed E-state index contributed by atoms with van der Waals surface area (Å²) in [6, 6.07) is 12.6. The van der Waals surface area contributed by atoms with Gasteiger partial charge in [0.25, 0.3) is 0 Å². The Morgan fingerprint density at radius 3 is 2.51 bits per heavy atom. The highest BCUT2D eigenvalue weighted by Crippen LogP contribution is 2.37. The summed E-state index contributed by atoms with van der Waals surface area (Å²) in [7, 11) is 3.77. The van der Waals surface area contributed by atoms with Gasteiger partial charge in [-0.25, -0.2) is 0 Å². The fraction of sp³-hybridized carbons (Fsp3) is 0.452. The van der Waals surface area contributed by atoms with Crippen LogP contribution in [0.25, 0.3) is 10.8 Å². The Labute approximate surface area is 236 Å². The molecule has 206 valence electrons. The van der Waals surface area contributed by atoms with Crippen molar-refractivity contribution in [1.82, 2.24) is 14.9 Å². The first-order valence-corrected chi connectivity index (χ1v) is 14.3. The standard InChI is InChI=1S/C26H27ClN4O2.C5H11N/c1-3-23(32)18-9-6-13-31(15-18)25-19-12-14-30(16-21(19)28-26(29-25)33-2)22-11-5-8-17-7-4-10-20(27)24(17)22;1-6-4-2-3-5-6/h3-5,7-8,10-11,18H,1,6,9,12-16H2,2H3;2-5H2,1H3. The predicted molar refractivity (Wildman–Crippen MR) is 159 cm³/mol. The van der Waals surface area contributed by atoms with Crippen LogP contribution in [0.15, 0.2) is 49.1 Å². The molecule has 1 atom stereocenters. The van der Waals surface area contributed by atoms with Crippen LogP contribution >= 0.6 is 11.6 Å². The van der Waals surface area contributed by atoms with E-state index >= 15 is 0 Å². The number of anilines is 2.